The molecule has 3 heteroatoms. The largest absolute Gasteiger partial charge is 0.507 e. The maximum absolute atomic E-state index is 10.7. The summed E-state index contributed by atoms with van der Waals surface area (Å²) in [6, 6.07) is 12.5. The standard InChI is InChI=1S/C19H24O2.C18H30O/c1-11-7-15(8-12(2)17(11)20)19(5,6)16-9-13(3)18(21)14(4)10-16;1-16(2,3)12-10-13(17(4,5)6)15(19)14(11-12)18(7,8)9/h7-10,20-21H,1-6H3;10-11,19H,1-9H3. The zero-order valence-electron chi connectivity index (χ0n) is 27.8. The van der Waals surface area contributed by atoms with E-state index in [-0.39, 0.29) is 21.7 Å². The molecule has 0 aromatic heterocycles. The monoisotopic (exact) mass is 546 g/mol. The lowest BCUT2D eigenvalue weighted by Gasteiger charge is -2.31. The van der Waals surface area contributed by atoms with Gasteiger partial charge >= 0.3 is 0 Å². The Hall–Kier alpha value is -2.94. The van der Waals surface area contributed by atoms with E-state index < -0.39 is 0 Å². The van der Waals surface area contributed by atoms with Gasteiger partial charge in [0.1, 0.15) is 17.2 Å². The third-order valence-electron chi connectivity index (χ3n) is 8.02. The van der Waals surface area contributed by atoms with E-state index in [1.165, 1.54) is 16.7 Å². The summed E-state index contributed by atoms with van der Waals surface area (Å²) in [6.45, 7) is 31.6. The number of aryl methyl sites for hydroxylation is 4. The zero-order valence-corrected chi connectivity index (χ0v) is 27.8. The SMILES string of the molecule is CC(C)(C)c1cc(C(C)(C)C)c(O)c(C(C)(C)C)c1.Cc1cc(C(C)(C)c2cc(C)c(O)c(C)c2)cc(C)c1O. The van der Waals surface area contributed by atoms with E-state index in [0.717, 1.165) is 33.4 Å². The maximum atomic E-state index is 10.7. The van der Waals surface area contributed by atoms with Gasteiger partial charge in [0.2, 0.25) is 0 Å². The summed E-state index contributed by atoms with van der Waals surface area (Å²) in [7, 11) is 0. The first-order valence-corrected chi connectivity index (χ1v) is 14.4. The molecule has 220 valence electrons. The minimum absolute atomic E-state index is 0.0503. The molecule has 0 atom stereocenters. The van der Waals surface area contributed by atoms with E-state index in [4.69, 9.17) is 0 Å². The Kier molecular flexibility index (Phi) is 9.27. The molecule has 0 radical (unpaired) electrons. The Balaban J connectivity index is 0.000000282. The molecule has 3 aromatic rings. The molecule has 0 unspecified atom stereocenters. The van der Waals surface area contributed by atoms with E-state index >= 15 is 0 Å². The molecule has 3 rings (SSSR count). The van der Waals surface area contributed by atoms with Crippen molar-refractivity contribution in [3.63, 3.8) is 0 Å². The molecule has 0 fully saturated rings. The first-order chi connectivity index (χ1) is 17.9. The van der Waals surface area contributed by atoms with Gasteiger partial charge in [-0.1, -0.05) is 113 Å². The Morgan fingerprint density at radius 1 is 0.375 bits per heavy atom. The highest BCUT2D eigenvalue weighted by Gasteiger charge is 2.29. The summed E-state index contributed by atoms with van der Waals surface area (Å²) < 4.78 is 0. The van der Waals surface area contributed by atoms with Crippen molar-refractivity contribution in [1.29, 1.82) is 0 Å². The van der Waals surface area contributed by atoms with Crippen LogP contribution in [0.1, 0.15) is 126 Å². The Labute approximate surface area is 244 Å². The fourth-order valence-corrected chi connectivity index (χ4v) is 5.01. The quantitative estimate of drug-likeness (QED) is 0.300. The average Bonchev–Trinajstić information content (AvgIpc) is 2.78. The smallest absolute Gasteiger partial charge is 0.123 e. The molecule has 0 aliphatic heterocycles. The first kappa shape index (κ1) is 33.3. The summed E-state index contributed by atoms with van der Waals surface area (Å²) in [6.07, 6.45) is 0. The highest BCUT2D eigenvalue weighted by atomic mass is 16.3. The third kappa shape index (κ3) is 7.22. The number of hydrogen-bond donors (Lipinski definition) is 3. The van der Waals surface area contributed by atoms with Crippen LogP contribution in [0.15, 0.2) is 36.4 Å². The van der Waals surface area contributed by atoms with Crippen molar-refractivity contribution >= 4 is 0 Å². The molecule has 0 heterocycles. The van der Waals surface area contributed by atoms with Crippen LogP contribution in [0, 0.1) is 27.7 Å². The lowest BCUT2D eigenvalue weighted by atomic mass is 9.75. The molecule has 0 aliphatic carbocycles. The molecular weight excluding hydrogens is 492 g/mol. The van der Waals surface area contributed by atoms with Crippen molar-refractivity contribution < 1.29 is 15.3 Å². The van der Waals surface area contributed by atoms with Gasteiger partial charge in [-0.3, -0.25) is 0 Å². The van der Waals surface area contributed by atoms with Crippen LogP contribution in [0.3, 0.4) is 0 Å². The minimum atomic E-state index is -0.188. The summed E-state index contributed by atoms with van der Waals surface area (Å²) >= 11 is 0. The summed E-state index contributed by atoms with van der Waals surface area (Å²) in [4.78, 5) is 0. The van der Waals surface area contributed by atoms with E-state index in [0.29, 0.717) is 17.2 Å². The second-order valence-corrected chi connectivity index (χ2v) is 15.2. The van der Waals surface area contributed by atoms with Crippen molar-refractivity contribution in [2.24, 2.45) is 0 Å². The molecule has 0 amide bonds. The van der Waals surface area contributed by atoms with Crippen LogP contribution < -0.4 is 0 Å². The van der Waals surface area contributed by atoms with Gasteiger partial charge in [-0.2, -0.15) is 0 Å². The fraction of sp³-hybridized carbons (Fsp3) is 0.514. The van der Waals surface area contributed by atoms with Crippen molar-refractivity contribution in [2.75, 3.05) is 0 Å². The zero-order chi connectivity index (χ0) is 31.2. The van der Waals surface area contributed by atoms with Crippen LogP contribution in [0.4, 0.5) is 0 Å². The summed E-state index contributed by atoms with van der Waals surface area (Å²) in [5.74, 6) is 1.20. The van der Waals surface area contributed by atoms with Crippen LogP contribution in [-0.4, -0.2) is 15.3 Å². The van der Waals surface area contributed by atoms with Crippen molar-refractivity contribution in [1.82, 2.24) is 0 Å². The number of aromatic hydroxyl groups is 3. The number of benzene rings is 3. The van der Waals surface area contributed by atoms with Crippen molar-refractivity contribution in [3.8, 4) is 17.2 Å². The van der Waals surface area contributed by atoms with Gasteiger partial charge < -0.3 is 15.3 Å². The van der Waals surface area contributed by atoms with Gasteiger partial charge in [0, 0.05) is 5.41 Å². The summed E-state index contributed by atoms with van der Waals surface area (Å²) in [5.41, 5.74) is 9.09. The highest BCUT2D eigenvalue weighted by Crippen LogP contribution is 2.42. The molecule has 0 spiro atoms. The van der Waals surface area contributed by atoms with Gasteiger partial charge in [-0.25, -0.2) is 0 Å². The van der Waals surface area contributed by atoms with Crippen molar-refractivity contribution in [2.45, 2.75) is 126 Å². The second-order valence-electron chi connectivity index (χ2n) is 15.2. The van der Waals surface area contributed by atoms with E-state index in [1.807, 2.05) is 52.0 Å². The van der Waals surface area contributed by atoms with Crippen LogP contribution in [0.5, 0.6) is 17.2 Å². The van der Waals surface area contributed by atoms with Crippen LogP contribution >= 0.6 is 0 Å². The van der Waals surface area contributed by atoms with Gasteiger partial charge in [-0.15, -0.1) is 0 Å². The first-order valence-electron chi connectivity index (χ1n) is 14.4. The van der Waals surface area contributed by atoms with Gasteiger partial charge in [-0.05, 0) is 94.0 Å². The Morgan fingerprint density at radius 2 is 0.650 bits per heavy atom. The number of rotatable bonds is 2. The van der Waals surface area contributed by atoms with Gasteiger partial charge in [0.15, 0.2) is 0 Å². The molecule has 3 nitrogen and oxygen atoms in total. The minimum Gasteiger partial charge on any atom is -0.507 e. The van der Waals surface area contributed by atoms with Crippen LogP contribution in [0.2, 0.25) is 0 Å². The summed E-state index contributed by atoms with van der Waals surface area (Å²) in [5, 5.41) is 30.6. The molecule has 3 N–H and O–H groups in total. The third-order valence-corrected chi connectivity index (χ3v) is 8.02. The highest BCUT2D eigenvalue weighted by molar-refractivity contribution is 5.52. The molecular formula is C37H54O3. The molecule has 0 saturated carbocycles. The molecule has 0 saturated heterocycles. The predicted molar refractivity (Wildman–Crippen MR) is 171 cm³/mol. The number of hydrogen-bond acceptors (Lipinski definition) is 3. The average molecular weight is 547 g/mol. The lowest BCUT2D eigenvalue weighted by molar-refractivity contribution is 0.420. The van der Waals surface area contributed by atoms with E-state index in [2.05, 4.69) is 88.3 Å². The lowest BCUT2D eigenvalue weighted by Crippen LogP contribution is -2.21. The molecule has 0 aliphatic rings. The topological polar surface area (TPSA) is 60.7 Å². The van der Waals surface area contributed by atoms with Gasteiger partial charge in [0.25, 0.3) is 0 Å². The van der Waals surface area contributed by atoms with Crippen molar-refractivity contribution in [3.05, 3.63) is 86.5 Å². The molecule has 3 aromatic carbocycles. The number of phenolic OH excluding ortho intramolecular Hbond substituents is 3. The number of phenols is 3. The van der Waals surface area contributed by atoms with E-state index in [1.54, 1.807) is 0 Å². The second kappa shape index (κ2) is 11.1. The fourth-order valence-electron chi connectivity index (χ4n) is 5.01. The van der Waals surface area contributed by atoms with Gasteiger partial charge in [0.05, 0.1) is 0 Å². The van der Waals surface area contributed by atoms with Crippen LogP contribution in [-0.2, 0) is 21.7 Å². The molecule has 0 bridgehead atoms. The van der Waals surface area contributed by atoms with E-state index in [9.17, 15) is 15.3 Å². The predicted octanol–water partition coefficient (Wildman–Crippen LogP) is 9.94. The molecule has 40 heavy (non-hydrogen) atoms. The normalized spacial score (nSPS) is 12.7. The Morgan fingerprint density at radius 3 is 0.875 bits per heavy atom. The maximum Gasteiger partial charge on any atom is 0.123 e. The van der Waals surface area contributed by atoms with Crippen LogP contribution in [0.25, 0.3) is 0 Å². The Bertz CT molecular complexity index is 1230.